The van der Waals surface area contributed by atoms with Gasteiger partial charge in [-0.05, 0) is 39.7 Å². The lowest BCUT2D eigenvalue weighted by atomic mass is 10.1. The SMILES string of the molecule is CCCNC(CCC)CCc1nc(C)c(C)s1. The van der Waals surface area contributed by atoms with Crippen molar-refractivity contribution in [2.24, 2.45) is 0 Å². The summed E-state index contributed by atoms with van der Waals surface area (Å²) in [5.41, 5.74) is 1.21. The van der Waals surface area contributed by atoms with Crippen LogP contribution < -0.4 is 5.32 Å². The van der Waals surface area contributed by atoms with Crippen molar-refractivity contribution < 1.29 is 0 Å². The second-order valence-electron chi connectivity index (χ2n) is 4.73. The molecule has 1 heterocycles. The molecule has 98 valence electrons. The van der Waals surface area contributed by atoms with Crippen LogP contribution in [0, 0.1) is 13.8 Å². The molecule has 0 amide bonds. The topological polar surface area (TPSA) is 24.9 Å². The van der Waals surface area contributed by atoms with E-state index in [0.717, 1.165) is 13.0 Å². The van der Waals surface area contributed by atoms with E-state index in [1.807, 2.05) is 11.3 Å². The maximum atomic E-state index is 4.61. The molecule has 1 rings (SSSR count). The minimum Gasteiger partial charge on any atom is -0.314 e. The average Bonchev–Trinajstić information content (AvgIpc) is 2.62. The lowest BCUT2D eigenvalue weighted by molar-refractivity contribution is 0.448. The molecule has 1 N–H and O–H groups in total. The van der Waals surface area contributed by atoms with Gasteiger partial charge in [0.25, 0.3) is 0 Å². The maximum absolute atomic E-state index is 4.61. The first-order valence-electron chi connectivity index (χ1n) is 6.83. The Labute approximate surface area is 110 Å². The van der Waals surface area contributed by atoms with Crippen LogP contribution in [-0.2, 0) is 6.42 Å². The van der Waals surface area contributed by atoms with Crippen molar-refractivity contribution in [3.05, 3.63) is 15.6 Å². The van der Waals surface area contributed by atoms with Crippen molar-refractivity contribution in [2.45, 2.75) is 65.8 Å². The second-order valence-corrected chi connectivity index (χ2v) is 6.02. The number of aryl methyl sites for hydroxylation is 3. The lowest BCUT2D eigenvalue weighted by Gasteiger charge is -2.16. The minimum atomic E-state index is 0.671. The van der Waals surface area contributed by atoms with E-state index in [1.165, 1.54) is 41.3 Å². The van der Waals surface area contributed by atoms with E-state index in [0.29, 0.717) is 6.04 Å². The molecule has 0 fully saturated rings. The van der Waals surface area contributed by atoms with Gasteiger partial charge in [-0.1, -0.05) is 20.3 Å². The molecule has 0 aliphatic rings. The normalized spacial score (nSPS) is 12.9. The van der Waals surface area contributed by atoms with Gasteiger partial charge in [0.05, 0.1) is 10.7 Å². The molecule has 1 atom stereocenters. The van der Waals surface area contributed by atoms with Crippen LogP contribution in [0.5, 0.6) is 0 Å². The van der Waals surface area contributed by atoms with Gasteiger partial charge in [-0.15, -0.1) is 11.3 Å². The fourth-order valence-electron chi connectivity index (χ4n) is 1.99. The summed E-state index contributed by atoms with van der Waals surface area (Å²) >= 11 is 1.86. The van der Waals surface area contributed by atoms with E-state index >= 15 is 0 Å². The third-order valence-electron chi connectivity index (χ3n) is 3.10. The van der Waals surface area contributed by atoms with Gasteiger partial charge in [-0.3, -0.25) is 0 Å². The summed E-state index contributed by atoms with van der Waals surface area (Å²) in [6.45, 7) is 9.89. The van der Waals surface area contributed by atoms with E-state index < -0.39 is 0 Å². The number of aromatic nitrogens is 1. The molecule has 3 heteroatoms. The molecule has 2 nitrogen and oxygen atoms in total. The Morgan fingerprint density at radius 1 is 1.18 bits per heavy atom. The smallest absolute Gasteiger partial charge is 0.0931 e. The van der Waals surface area contributed by atoms with Gasteiger partial charge in [0.1, 0.15) is 0 Å². The molecule has 1 unspecified atom stereocenters. The third kappa shape index (κ3) is 5.17. The predicted octanol–water partition coefficient (Wildman–Crippen LogP) is 3.86. The summed E-state index contributed by atoms with van der Waals surface area (Å²) < 4.78 is 0. The minimum absolute atomic E-state index is 0.671. The number of rotatable bonds is 8. The van der Waals surface area contributed by atoms with E-state index in [9.17, 15) is 0 Å². The second kappa shape index (κ2) is 7.83. The first-order valence-corrected chi connectivity index (χ1v) is 7.65. The lowest BCUT2D eigenvalue weighted by Crippen LogP contribution is -2.30. The monoisotopic (exact) mass is 254 g/mol. The number of hydrogen-bond donors (Lipinski definition) is 1. The van der Waals surface area contributed by atoms with Crippen LogP contribution in [0.25, 0.3) is 0 Å². The summed E-state index contributed by atoms with van der Waals surface area (Å²) in [4.78, 5) is 5.98. The van der Waals surface area contributed by atoms with Gasteiger partial charge in [0.15, 0.2) is 0 Å². The summed E-state index contributed by atoms with van der Waals surface area (Å²) in [7, 11) is 0. The standard InChI is InChI=1S/C14H26N2S/c1-5-7-13(15-10-6-2)8-9-14-16-11(3)12(4)17-14/h13,15H,5-10H2,1-4H3. The van der Waals surface area contributed by atoms with Crippen LogP contribution in [0.1, 0.15) is 55.1 Å². The highest BCUT2D eigenvalue weighted by atomic mass is 32.1. The summed E-state index contributed by atoms with van der Waals surface area (Å²) in [6.07, 6.45) is 6.11. The number of thiazole rings is 1. The zero-order valence-corrected chi connectivity index (χ0v) is 12.5. The highest BCUT2D eigenvalue weighted by molar-refractivity contribution is 7.11. The molecule has 0 radical (unpaired) electrons. The molecule has 0 saturated heterocycles. The molecule has 0 bridgehead atoms. The third-order valence-corrected chi connectivity index (χ3v) is 4.23. The summed E-state index contributed by atoms with van der Waals surface area (Å²) in [5, 5.41) is 4.94. The molecule has 17 heavy (non-hydrogen) atoms. The van der Waals surface area contributed by atoms with Crippen LogP contribution in [0.3, 0.4) is 0 Å². The molecule has 0 spiro atoms. The highest BCUT2D eigenvalue weighted by Crippen LogP contribution is 2.18. The van der Waals surface area contributed by atoms with Gasteiger partial charge in [-0.25, -0.2) is 4.98 Å². The van der Waals surface area contributed by atoms with Crippen LogP contribution >= 0.6 is 11.3 Å². The molecular formula is C14H26N2S. The first-order chi connectivity index (χ1) is 8.17. The van der Waals surface area contributed by atoms with Gasteiger partial charge in [0, 0.05) is 17.3 Å². The quantitative estimate of drug-likeness (QED) is 0.762. The Kier molecular flexibility index (Phi) is 6.75. The van der Waals surface area contributed by atoms with Gasteiger partial charge in [-0.2, -0.15) is 0 Å². The van der Waals surface area contributed by atoms with E-state index in [4.69, 9.17) is 0 Å². The average molecular weight is 254 g/mol. The van der Waals surface area contributed by atoms with Crippen LogP contribution in [0.4, 0.5) is 0 Å². The zero-order valence-electron chi connectivity index (χ0n) is 11.7. The van der Waals surface area contributed by atoms with Crippen LogP contribution in [-0.4, -0.2) is 17.6 Å². The van der Waals surface area contributed by atoms with Crippen LogP contribution in [0.2, 0.25) is 0 Å². The Morgan fingerprint density at radius 3 is 2.47 bits per heavy atom. The first kappa shape index (κ1) is 14.7. The number of nitrogens with zero attached hydrogens (tertiary/aromatic N) is 1. The Balaban J connectivity index is 2.39. The largest absolute Gasteiger partial charge is 0.314 e. The summed E-state index contributed by atoms with van der Waals surface area (Å²) in [6, 6.07) is 0.671. The highest BCUT2D eigenvalue weighted by Gasteiger charge is 2.09. The predicted molar refractivity (Wildman–Crippen MR) is 76.9 cm³/mol. The van der Waals surface area contributed by atoms with Gasteiger partial charge >= 0.3 is 0 Å². The summed E-state index contributed by atoms with van der Waals surface area (Å²) in [5.74, 6) is 0. The van der Waals surface area contributed by atoms with Crippen molar-refractivity contribution >= 4 is 11.3 Å². The van der Waals surface area contributed by atoms with Gasteiger partial charge < -0.3 is 5.32 Å². The maximum Gasteiger partial charge on any atom is 0.0931 e. The number of hydrogen-bond acceptors (Lipinski definition) is 3. The fraction of sp³-hybridized carbons (Fsp3) is 0.786. The molecule has 0 aromatic carbocycles. The molecular weight excluding hydrogens is 228 g/mol. The van der Waals surface area contributed by atoms with Gasteiger partial charge in [0.2, 0.25) is 0 Å². The van der Waals surface area contributed by atoms with E-state index in [1.54, 1.807) is 0 Å². The Morgan fingerprint density at radius 2 is 1.94 bits per heavy atom. The Hall–Kier alpha value is -0.410. The molecule has 0 aliphatic carbocycles. The van der Waals surface area contributed by atoms with E-state index in [2.05, 4.69) is 38.0 Å². The Bertz CT molecular complexity index is 301. The van der Waals surface area contributed by atoms with E-state index in [-0.39, 0.29) is 0 Å². The molecule has 0 saturated carbocycles. The number of nitrogens with one attached hydrogen (secondary N) is 1. The molecule has 1 aromatic rings. The van der Waals surface area contributed by atoms with Crippen LogP contribution in [0.15, 0.2) is 0 Å². The van der Waals surface area contributed by atoms with Crippen molar-refractivity contribution in [3.8, 4) is 0 Å². The van der Waals surface area contributed by atoms with Crippen molar-refractivity contribution in [3.63, 3.8) is 0 Å². The van der Waals surface area contributed by atoms with Crippen molar-refractivity contribution in [1.29, 1.82) is 0 Å². The fourth-order valence-corrected chi connectivity index (χ4v) is 2.94. The van der Waals surface area contributed by atoms with Crippen molar-refractivity contribution in [2.75, 3.05) is 6.54 Å². The molecule has 1 aromatic heterocycles. The van der Waals surface area contributed by atoms with Crippen molar-refractivity contribution in [1.82, 2.24) is 10.3 Å². The zero-order chi connectivity index (χ0) is 12.7. The molecule has 0 aliphatic heterocycles.